The molecule has 9 atom stereocenters. The van der Waals surface area contributed by atoms with Gasteiger partial charge in [-0.1, -0.05) is 121 Å². The molecule has 4 amide bonds. The number of amides is 4. The van der Waals surface area contributed by atoms with Crippen LogP contribution in [-0.2, 0) is 59.6 Å². The number of rotatable bonds is 15. The Bertz CT molecular complexity index is 2000. The molecular weight excluding hydrogens is 776 g/mol. The summed E-state index contributed by atoms with van der Waals surface area (Å²) in [7, 11) is 0. The molecule has 2 heterocycles. The molecule has 316 valence electrons. The number of aliphatic hydroxyl groups is 1. The molecule has 60 heavy (non-hydrogen) atoms. The summed E-state index contributed by atoms with van der Waals surface area (Å²) in [5.41, 5.74) is 3.14. The first-order valence-electron chi connectivity index (χ1n) is 19.8. The van der Waals surface area contributed by atoms with Gasteiger partial charge >= 0.3 is 24.4 Å². The van der Waals surface area contributed by atoms with Crippen molar-refractivity contribution in [3.05, 3.63) is 144 Å². The van der Waals surface area contributed by atoms with Gasteiger partial charge in [0.15, 0.2) is 12.4 Å². The van der Waals surface area contributed by atoms with Gasteiger partial charge in [-0.25, -0.2) is 19.2 Å². The highest BCUT2D eigenvalue weighted by Crippen LogP contribution is 2.34. The van der Waals surface area contributed by atoms with Crippen molar-refractivity contribution >= 4 is 24.4 Å². The smallest absolute Gasteiger partial charge is 0.408 e. The standard InChI is InChI=1S/C44H48N4O12/c49-36-38(34(47-43(52)57-27-31-19-11-4-12-20-31)37(35-39(36)60-44(53)48-35)54-24-28-13-5-1-6-14-28)59-40-33(46-42(51)56-26-30-17-9-3-10-18-30)22-21-32(58-40)23-45-41(50)55-25-29-15-7-2-8-16-29/h1-20,32-40,49H,21-27H2,(H,45,50)(H,46,51)(H,47,52)(H,48,53)/t32-,33?,34-,35+,36?,37?,38?,39+,40-/m0/s1. The fourth-order valence-corrected chi connectivity index (χ4v) is 7.33. The van der Waals surface area contributed by atoms with E-state index >= 15 is 0 Å². The lowest BCUT2D eigenvalue weighted by Crippen LogP contribution is -2.71. The van der Waals surface area contributed by atoms with Crippen molar-refractivity contribution in [1.82, 2.24) is 21.3 Å². The molecule has 0 spiro atoms. The average Bonchev–Trinajstić information content (AvgIpc) is 3.68. The van der Waals surface area contributed by atoms with Crippen molar-refractivity contribution in [2.45, 2.75) is 94.2 Å². The second-order valence-electron chi connectivity index (χ2n) is 14.6. The van der Waals surface area contributed by atoms with Gasteiger partial charge in [-0.05, 0) is 35.1 Å². The molecule has 0 bridgehead atoms. The van der Waals surface area contributed by atoms with Crippen LogP contribution in [0.5, 0.6) is 0 Å². The van der Waals surface area contributed by atoms with Crippen molar-refractivity contribution in [3.8, 4) is 0 Å². The van der Waals surface area contributed by atoms with Gasteiger partial charge in [0, 0.05) is 6.54 Å². The predicted molar refractivity (Wildman–Crippen MR) is 213 cm³/mol. The molecule has 7 rings (SSSR count). The van der Waals surface area contributed by atoms with E-state index in [4.69, 9.17) is 33.2 Å². The molecule has 0 radical (unpaired) electrons. The van der Waals surface area contributed by atoms with E-state index in [1.54, 1.807) is 12.1 Å². The van der Waals surface area contributed by atoms with E-state index in [2.05, 4.69) is 21.3 Å². The molecule has 4 aromatic rings. The molecule has 5 N–H and O–H groups in total. The third-order valence-corrected chi connectivity index (χ3v) is 10.3. The summed E-state index contributed by atoms with van der Waals surface area (Å²) in [5, 5.41) is 23.0. The number of fused-ring (bicyclic) bond motifs is 1. The molecule has 0 aromatic heterocycles. The summed E-state index contributed by atoms with van der Waals surface area (Å²) in [6.45, 7) is 0.103. The van der Waals surface area contributed by atoms with E-state index in [1.807, 2.05) is 109 Å². The lowest BCUT2D eigenvalue weighted by atomic mass is 9.81. The minimum absolute atomic E-state index is 0.00368. The van der Waals surface area contributed by atoms with Crippen molar-refractivity contribution < 1.29 is 57.4 Å². The molecule has 16 heteroatoms. The summed E-state index contributed by atoms with van der Waals surface area (Å²) < 4.78 is 41.5. The van der Waals surface area contributed by atoms with Crippen LogP contribution in [0, 0.1) is 0 Å². The van der Waals surface area contributed by atoms with Crippen LogP contribution in [0.4, 0.5) is 19.2 Å². The van der Waals surface area contributed by atoms with Crippen molar-refractivity contribution in [3.63, 3.8) is 0 Å². The van der Waals surface area contributed by atoms with Crippen LogP contribution >= 0.6 is 0 Å². The predicted octanol–water partition coefficient (Wildman–Crippen LogP) is 4.83. The number of aliphatic hydroxyl groups excluding tert-OH is 1. The normalized spacial score (nSPS) is 25.7. The molecule has 4 unspecified atom stereocenters. The zero-order valence-electron chi connectivity index (χ0n) is 32.6. The SMILES string of the molecule is O=C(NC[C@@H]1CCC(NC(=O)OCc2ccccc2)[C@H](OC2C(O)[C@@H]3OC(=O)N[C@@H]3C(OCc3ccccc3)[C@@H]2NC(=O)OCc2ccccc2)O1)OCc1ccccc1. The van der Waals surface area contributed by atoms with Crippen molar-refractivity contribution in [2.75, 3.05) is 6.54 Å². The molecule has 1 aliphatic carbocycles. The average molecular weight is 825 g/mol. The van der Waals surface area contributed by atoms with E-state index in [0.29, 0.717) is 12.8 Å². The minimum Gasteiger partial charge on any atom is -0.445 e. The van der Waals surface area contributed by atoms with Gasteiger partial charge < -0.3 is 59.5 Å². The van der Waals surface area contributed by atoms with Crippen LogP contribution in [0.3, 0.4) is 0 Å². The topological polar surface area (TPSA) is 201 Å². The second kappa shape index (κ2) is 20.7. The highest BCUT2D eigenvalue weighted by molar-refractivity contribution is 5.71. The number of nitrogens with one attached hydrogen (secondary N) is 4. The van der Waals surface area contributed by atoms with Crippen LogP contribution in [0.1, 0.15) is 35.1 Å². The first-order valence-corrected chi connectivity index (χ1v) is 19.8. The number of alkyl carbamates (subject to hydrolysis) is 4. The Labute approximate surface area is 346 Å². The van der Waals surface area contributed by atoms with E-state index in [-0.39, 0.29) is 33.0 Å². The molecule has 2 saturated heterocycles. The van der Waals surface area contributed by atoms with Crippen LogP contribution in [0.15, 0.2) is 121 Å². The Kier molecular flexibility index (Phi) is 14.4. The van der Waals surface area contributed by atoms with E-state index in [1.165, 1.54) is 0 Å². The number of benzene rings is 4. The van der Waals surface area contributed by atoms with E-state index in [0.717, 1.165) is 22.3 Å². The van der Waals surface area contributed by atoms with Gasteiger partial charge in [0.05, 0.1) is 24.8 Å². The van der Waals surface area contributed by atoms with E-state index < -0.39 is 79.3 Å². The Morgan fingerprint density at radius 3 is 1.70 bits per heavy atom. The summed E-state index contributed by atoms with van der Waals surface area (Å²) in [5.74, 6) is 0. The molecule has 1 saturated carbocycles. The van der Waals surface area contributed by atoms with Crippen LogP contribution in [0.25, 0.3) is 0 Å². The van der Waals surface area contributed by atoms with E-state index in [9.17, 15) is 24.3 Å². The summed E-state index contributed by atoms with van der Waals surface area (Å²) in [6, 6.07) is 33.8. The fraction of sp³-hybridized carbons (Fsp3) is 0.364. The van der Waals surface area contributed by atoms with Crippen LogP contribution in [0.2, 0.25) is 0 Å². The highest BCUT2D eigenvalue weighted by Gasteiger charge is 2.58. The maximum absolute atomic E-state index is 13.5. The zero-order chi connectivity index (χ0) is 41.7. The minimum atomic E-state index is -1.54. The largest absolute Gasteiger partial charge is 0.445 e. The number of carbonyl (C=O) groups excluding carboxylic acids is 4. The monoisotopic (exact) mass is 824 g/mol. The molecule has 3 fully saturated rings. The van der Waals surface area contributed by atoms with Gasteiger partial charge in [-0.2, -0.15) is 0 Å². The lowest BCUT2D eigenvalue weighted by Gasteiger charge is -2.47. The summed E-state index contributed by atoms with van der Waals surface area (Å²) >= 11 is 0. The number of ether oxygens (including phenoxy) is 7. The number of hydrogen-bond donors (Lipinski definition) is 5. The van der Waals surface area contributed by atoms with Crippen molar-refractivity contribution in [1.29, 1.82) is 0 Å². The molecule has 4 aromatic carbocycles. The second-order valence-corrected chi connectivity index (χ2v) is 14.6. The first kappa shape index (κ1) is 41.9. The number of carbonyl (C=O) groups is 4. The van der Waals surface area contributed by atoms with Crippen LogP contribution < -0.4 is 21.3 Å². The highest BCUT2D eigenvalue weighted by atomic mass is 16.7. The first-order chi connectivity index (χ1) is 29.3. The quantitative estimate of drug-likeness (QED) is 0.103. The van der Waals surface area contributed by atoms with Gasteiger partial charge in [0.25, 0.3) is 0 Å². The van der Waals surface area contributed by atoms with Gasteiger partial charge in [-0.3, -0.25) is 0 Å². The molecule has 2 aliphatic heterocycles. The lowest BCUT2D eigenvalue weighted by molar-refractivity contribution is -0.265. The Hall–Kier alpha value is -6.20. The fourth-order valence-electron chi connectivity index (χ4n) is 7.33. The maximum atomic E-state index is 13.5. The summed E-state index contributed by atoms with van der Waals surface area (Å²) in [6.07, 6.45) is -9.37. The van der Waals surface area contributed by atoms with Gasteiger partial charge in [0.2, 0.25) is 0 Å². The number of hydrogen-bond acceptors (Lipinski definition) is 12. The van der Waals surface area contributed by atoms with Gasteiger partial charge in [0.1, 0.15) is 44.2 Å². The maximum Gasteiger partial charge on any atom is 0.408 e. The van der Waals surface area contributed by atoms with Gasteiger partial charge in [-0.15, -0.1) is 0 Å². The molecule has 3 aliphatic rings. The Balaban J connectivity index is 1.11. The third kappa shape index (κ3) is 11.5. The van der Waals surface area contributed by atoms with Crippen LogP contribution in [-0.4, -0.2) is 91.0 Å². The summed E-state index contributed by atoms with van der Waals surface area (Å²) in [4.78, 5) is 52.1. The third-order valence-electron chi connectivity index (χ3n) is 10.3. The molecule has 16 nitrogen and oxygen atoms in total. The molecular formula is C44H48N4O12. The van der Waals surface area contributed by atoms with Crippen molar-refractivity contribution in [2.24, 2.45) is 0 Å². The Morgan fingerprint density at radius 2 is 1.15 bits per heavy atom. The zero-order valence-corrected chi connectivity index (χ0v) is 32.6. The Morgan fingerprint density at radius 1 is 0.650 bits per heavy atom.